The number of primary amides is 1. The van der Waals surface area contributed by atoms with Crippen LogP contribution in [0.2, 0.25) is 0 Å². The number of nitrogens with zero attached hydrogens (tertiary/aromatic N) is 1. The van der Waals surface area contributed by atoms with Crippen LogP contribution in [0, 0.1) is 5.92 Å². The van der Waals surface area contributed by atoms with Crippen LogP contribution in [0.3, 0.4) is 0 Å². The third kappa shape index (κ3) is 4.93. The topological polar surface area (TPSA) is 119 Å². The highest BCUT2D eigenvalue weighted by Gasteiger charge is 2.36. The van der Waals surface area contributed by atoms with Gasteiger partial charge < -0.3 is 20.7 Å². The van der Waals surface area contributed by atoms with E-state index in [0.717, 1.165) is 48.2 Å². The maximum Gasteiger partial charge on any atom is 0.311 e. The zero-order valence-electron chi connectivity index (χ0n) is 18.5. The molecule has 8 nitrogen and oxygen atoms in total. The molecule has 1 aromatic carbocycles. The maximum atomic E-state index is 12.5. The number of hydrogen-bond donors (Lipinski definition) is 2. The van der Waals surface area contributed by atoms with Crippen LogP contribution in [0.1, 0.15) is 52.5 Å². The summed E-state index contributed by atoms with van der Waals surface area (Å²) in [7, 11) is 0. The van der Waals surface area contributed by atoms with Gasteiger partial charge in [0.2, 0.25) is 5.91 Å². The summed E-state index contributed by atoms with van der Waals surface area (Å²) < 4.78 is 5.19. The van der Waals surface area contributed by atoms with Crippen molar-refractivity contribution in [3.63, 3.8) is 0 Å². The highest BCUT2D eigenvalue weighted by atomic mass is 32.1. The number of ether oxygens (including phenoxy) is 1. The van der Waals surface area contributed by atoms with Crippen molar-refractivity contribution in [2.75, 3.05) is 23.4 Å². The fraction of sp³-hybridized carbons (Fsp3) is 0.417. The fourth-order valence-corrected chi connectivity index (χ4v) is 5.67. The fourth-order valence-electron chi connectivity index (χ4n) is 4.36. The lowest BCUT2D eigenvalue weighted by atomic mass is 9.95. The first-order valence-corrected chi connectivity index (χ1v) is 12.0. The van der Waals surface area contributed by atoms with Crippen LogP contribution in [-0.4, -0.2) is 36.8 Å². The van der Waals surface area contributed by atoms with Gasteiger partial charge >= 0.3 is 5.97 Å². The summed E-state index contributed by atoms with van der Waals surface area (Å²) in [5, 5.41) is 3.08. The third-order valence-corrected chi connectivity index (χ3v) is 7.34. The molecule has 2 heterocycles. The number of esters is 1. The number of nitrogens with two attached hydrogens (primary N) is 1. The predicted octanol–water partition coefficient (Wildman–Crippen LogP) is 2.82. The molecule has 1 saturated heterocycles. The first kappa shape index (κ1) is 23.0. The second kappa shape index (κ2) is 9.74. The number of amides is 3. The molecule has 1 aromatic heterocycles. The highest BCUT2D eigenvalue weighted by molar-refractivity contribution is 7.17. The van der Waals surface area contributed by atoms with E-state index in [0.29, 0.717) is 10.6 Å². The maximum absolute atomic E-state index is 12.5. The predicted molar refractivity (Wildman–Crippen MR) is 125 cm³/mol. The smallest absolute Gasteiger partial charge is 0.311 e. The molecule has 9 heteroatoms. The molecular formula is C24H27N3O5S. The van der Waals surface area contributed by atoms with Crippen molar-refractivity contribution in [1.29, 1.82) is 0 Å². The molecule has 3 N–H and O–H groups in total. The second-order valence-electron chi connectivity index (χ2n) is 8.36. The number of aryl methyl sites for hydroxylation is 2. The van der Waals surface area contributed by atoms with Crippen LogP contribution >= 0.6 is 11.3 Å². The highest BCUT2D eigenvalue weighted by Crippen LogP contribution is 2.37. The van der Waals surface area contributed by atoms with Crippen LogP contribution in [0.4, 0.5) is 10.7 Å². The first-order chi connectivity index (χ1) is 15.9. The average Bonchev–Trinajstić information content (AvgIpc) is 3.37. The van der Waals surface area contributed by atoms with Crippen molar-refractivity contribution in [2.24, 2.45) is 11.7 Å². The molecule has 0 radical (unpaired) electrons. The van der Waals surface area contributed by atoms with Gasteiger partial charge in [0.1, 0.15) is 5.00 Å². The molecular weight excluding hydrogens is 442 g/mol. The van der Waals surface area contributed by atoms with E-state index in [2.05, 4.69) is 12.2 Å². The number of rotatable bonds is 7. The van der Waals surface area contributed by atoms with Gasteiger partial charge in [-0.25, -0.2) is 0 Å². The molecule has 3 amide bonds. The van der Waals surface area contributed by atoms with Gasteiger partial charge in [-0.1, -0.05) is 19.1 Å². The van der Waals surface area contributed by atoms with Crippen LogP contribution in [0.15, 0.2) is 24.3 Å². The van der Waals surface area contributed by atoms with Gasteiger partial charge in [0.05, 0.1) is 11.5 Å². The molecule has 2 aromatic rings. The Labute approximate surface area is 196 Å². The molecule has 1 unspecified atom stereocenters. The van der Waals surface area contributed by atoms with Crippen LogP contribution < -0.4 is 16.0 Å². The Bertz CT molecular complexity index is 1090. The summed E-state index contributed by atoms with van der Waals surface area (Å²) >= 11 is 1.35. The summed E-state index contributed by atoms with van der Waals surface area (Å²) in [4.78, 5) is 51.9. The SMILES string of the molecule is CCc1ccc(N2CC(C(=O)OCC(=O)Nc3sc4c(c3C(N)=O)CCCC4)CC2=O)cc1. The number of anilines is 2. The lowest BCUT2D eigenvalue weighted by Crippen LogP contribution is -2.28. The standard InChI is InChI=1S/C24H27N3O5S/c1-2-14-7-9-16(10-8-14)27-12-15(11-20(27)29)24(31)32-13-19(28)26-23-21(22(25)30)17-5-3-4-6-18(17)33-23/h7-10,15H,2-6,11-13H2,1H3,(H2,25,30)(H,26,28). The molecule has 0 spiro atoms. The van der Waals surface area contributed by atoms with Crippen molar-refractivity contribution in [1.82, 2.24) is 0 Å². The van der Waals surface area contributed by atoms with Crippen LogP contribution in [0.5, 0.6) is 0 Å². The molecule has 0 bridgehead atoms. The van der Waals surface area contributed by atoms with E-state index in [-0.39, 0.29) is 18.9 Å². The van der Waals surface area contributed by atoms with Gasteiger partial charge in [0, 0.05) is 23.5 Å². The Morgan fingerprint density at radius 1 is 1.18 bits per heavy atom. The minimum Gasteiger partial charge on any atom is -0.455 e. The van der Waals surface area contributed by atoms with Crippen molar-refractivity contribution in [2.45, 2.75) is 45.4 Å². The Morgan fingerprint density at radius 3 is 2.61 bits per heavy atom. The summed E-state index contributed by atoms with van der Waals surface area (Å²) in [6.07, 6.45) is 4.59. The van der Waals surface area contributed by atoms with Crippen LogP contribution in [-0.2, 0) is 38.4 Å². The van der Waals surface area contributed by atoms with Crippen molar-refractivity contribution >= 4 is 45.7 Å². The van der Waals surface area contributed by atoms with E-state index >= 15 is 0 Å². The van der Waals surface area contributed by atoms with Gasteiger partial charge in [0.25, 0.3) is 11.8 Å². The molecule has 0 saturated carbocycles. The third-order valence-electron chi connectivity index (χ3n) is 6.13. The molecule has 1 aliphatic carbocycles. The Hall–Kier alpha value is -3.20. The Kier molecular flexibility index (Phi) is 6.78. The molecule has 33 heavy (non-hydrogen) atoms. The molecule has 174 valence electrons. The molecule has 1 fully saturated rings. The minimum atomic E-state index is -0.633. The normalized spacial score (nSPS) is 17.5. The lowest BCUT2D eigenvalue weighted by Gasteiger charge is -2.17. The summed E-state index contributed by atoms with van der Waals surface area (Å²) in [5.41, 5.74) is 8.74. The van der Waals surface area contributed by atoms with Crippen molar-refractivity contribution in [3.8, 4) is 0 Å². The van der Waals surface area contributed by atoms with E-state index in [4.69, 9.17) is 10.5 Å². The second-order valence-corrected chi connectivity index (χ2v) is 9.47. The monoisotopic (exact) mass is 469 g/mol. The number of benzene rings is 1. The number of carbonyl (C=O) groups is 4. The first-order valence-electron chi connectivity index (χ1n) is 11.2. The lowest BCUT2D eigenvalue weighted by molar-refractivity contribution is -0.151. The number of carbonyl (C=O) groups excluding carboxylic acids is 4. The van der Waals surface area contributed by atoms with Gasteiger partial charge in [-0.05, 0) is 55.4 Å². The number of nitrogens with one attached hydrogen (secondary N) is 1. The molecule has 4 rings (SSSR count). The van der Waals surface area contributed by atoms with Crippen LogP contribution in [0.25, 0.3) is 0 Å². The van der Waals surface area contributed by atoms with E-state index in [9.17, 15) is 19.2 Å². The van der Waals surface area contributed by atoms with E-state index in [1.54, 1.807) is 4.90 Å². The van der Waals surface area contributed by atoms with Crippen molar-refractivity contribution < 1.29 is 23.9 Å². The molecule has 1 aliphatic heterocycles. The van der Waals surface area contributed by atoms with Gasteiger partial charge in [-0.15, -0.1) is 11.3 Å². The van der Waals surface area contributed by atoms with Gasteiger partial charge in [-0.2, -0.15) is 0 Å². The number of thiophene rings is 1. The number of fused-ring (bicyclic) bond motifs is 1. The van der Waals surface area contributed by atoms with E-state index < -0.39 is 30.3 Å². The molecule has 1 atom stereocenters. The van der Waals surface area contributed by atoms with Crippen molar-refractivity contribution in [3.05, 3.63) is 45.8 Å². The Morgan fingerprint density at radius 2 is 1.91 bits per heavy atom. The van der Waals surface area contributed by atoms with E-state index in [1.807, 2.05) is 24.3 Å². The number of hydrogen-bond acceptors (Lipinski definition) is 6. The largest absolute Gasteiger partial charge is 0.455 e. The van der Waals surface area contributed by atoms with Gasteiger partial charge in [-0.3, -0.25) is 19.2 Å². The van der Waals surface area contributed by atoms with E-state index in [1.165, 1.54) is 16.9 Å². The average molecular weight is 470 g/mol. The van der Waals surface area contributed by atoms with Gasteiger partial charge in [0.15, 0.2) is 6.61 Å². The zero-order valence-corrected chi connectivity index (χ0v) is 19.3. The molecule has 2 aliphatic rings. The summed E-state index contributed by atoms with van der Waals surface area (Å²) in [6.45, 7) is 1.78. The summed E-state index contributed by atoms with van der Waals surface area (Å²) in [6, 6.07) is 7.66. The quantitative estimate of drug-likeness (QED) is 0.605. The Balaban J connectivity index is 1.34. The summed E-state index contributed by atoms with van der Waals surface area (Å²) in [5.74, 6) is -2.49. The minimum absolute atomic E-state index is 0.0411. The zero-order chi connectivity index (χ0) is 23.5.